The van der Waals surface area contributed by atoms with Crippen LogP contribution >= 0.6 is 11.6 Å². The van der Waals surface area contributed by atoms with E-state index < -0.39 is 17.5 Å². The Hall–Kier alpha value is -3.68. The molecule has 0 aliphatic carbocycles. The van der Waals surface area contributed by atoms with Crippen molar-refractivity contribution in [2.45, 2.75) is 19.4 Å². The summed E-state index contributed by atoms with van der Waals surface area (Å²) in [5.74, 6) is -1.93. The van der Waals surface area contributed by atoms with Crippen molar-refractivity contribution in [3.05, 3.63) is 94.8 Å². The highest BCUT2D eigenvalue weighted by molar-refractivity contribution is 6.32. The maximum Gasteiger partial charge on any atom is 0.243 e. The van der Waals surface area contributed by atoms with Gasteiger partial charge in [-0.1, -0.05) is 78.3 Å². The molecule has 1 amide bonds. The van der Waals surface area contributed by atoms with Gasteiger partial charge in [-0.05, 0) is 12.5 Å². The Kier molecular flexibility index (Phi) is 6.72. The molecular weight excluding hydrogens is 445 g/mol. The number of amides is 1. The largest absolute Gasteiger partial charge is 0.504 e. The molecule has 8 heteroatoms. The third-order valence-corrected chi connectivity index (χ3v) is 5.64. The maximum absolute atomic E-state index is 14.8. The van der Waals surface area contributed by atoms with Crippen molar-refractivity contribution in [2.24, 2.45) is 0 Å². The smallest absolute Gasteiger partial charge is 0.243 e. The van der Waals surface area contributed by atoms with Crippen LogP contribution < -0.4 is 5.48 Å². The first kappa shape index (κ1) is 22.5. The number of nitrogens with one attached hydrogen (secondary N) is 1. The molecule has 0 bridgehead atoms. The second-order valence-corrected chi connectivity index (χ2v) is 7.88. The van der Waals surface area contributed by atoms with Crippen LogP contribution in [0.25, 0.3) is 22.5 Å². The Balaban J connectivity index is 1.90. The first-order valence-electron chi connectivity index (χ1n) is 10.3. The highest BCUT2D eigenvalue weighted by atomic mass is 35.5. The number of hydrogen-bond acceptors (Lipinski definition) is 4. The van der Waals surface area contributed by atoms with Crippen molar-refractivity contribution in [1.82, 2.24) is 15.3 Å². The second-order valence-electron chi connectivity index (χ2n) is 7.47. The Morgan fingerprint density at radius 3 is 2.27 bits per heavy atom. The Morgan fingerprint density at radius 1 is 1.00 bits per heavy atom. The summed E-state index contributed by atoms with van der Waals surface area (Å²) in [6.07, 6.45) is 0.340. The van der Waals surface area contributed by atoms with Crippen molar-refractivity contribution in [3.63, 3.8) is 0 Å². The summed E-state index contributed by atoms with van der Waals surface area (Å²) >= 11 is 5.84. The quantitative estimate of drug-likeness (QED) is 0.258. The number of halogens is 2. The van der Waals surface area contributed by atoms with E-state index in [1.165, 1.54) is 12.1 Å². The molecule has 0 fully saturated rings. The molecule has 0 radical (unpaired) electrons. The molecule has 0 saturated heterocycles. The molecule has 3 aromatic carbocycles. The lowest BCUT2D eigenvalue weighted by molar-refractivity contribution is -0.129. The fourth-order valence-corrected chi connectivity index (χ4v) is 3.90. The van der Waals surface area contributed by atoms with Gasteiger partial charge in [-0.15, -0.1) is 0 Å². The molecule has 33 heavy (non-hydrogen) atoms. The summed E-state index contributed by atoms with van der Waals surface area (Å²) in [6, 6.07) is 21.9. The number of aromatic nitrogens is 2. The van der Waals surface area contributed by atoms with E-state index in [1.54, 1.807) is 10.2 Å². The molecule has 0 unspecified atom stereocenters. The van der Waals surface area contributed by atoms with E-state index in [-0.39, 0.29) is 23.6 Å². The molecule has 0 atom stereocenters. The predicted molar refractivity (Wildman–Crippen MR) is 124 cm³/mol. The molecule has 6 nitrogen and oxygen atoms in total. The molecule has 168 valence electrons. The van der Waals surface area contributed by atoms with Gasteiger partial charge in [-0.2, -0.15) is 5.10 Å². The van der Waals surface area contributed by atoms with E-state index in [1.807, 2.05) is 60.7 Å². The van der Waals surface area contributed by atoms with E-state index in [9.17, 15) is 14.3 Å². The lowest BCUT2D eigenvalue weighted by Crippen LogP contribution is -2.19. The summed E-state index contributed by atoms with van der Waals surface area (Å²) in [6.45, 7) is 0.0345. The minimum Gasteiger partial charge on any atom is -0.504 e. The van der Waals surface area contributed by atoms with Crippen LogP contribution in [-0.2, 0) is 17.8 Å². The third-order valence-electron chi connectivity index (χ3n) is 5.34. The third kappa shape index (κ3) is 4.74. The standard InChI is InChI=1S/C25H21ClFN3O3/c26-20-13-11-18(22(27)25(20)32)15-30-24(17-9-5-2-6-10-17)19(12-14-21(31)29-33)23(28-30)16-7-3-1-4-8-16/h1-11,13,32-33H,12,14-15H2,(H,29,31). The number of phenols is 1. The van der Waals surface area contributed by atoms with Gasteiger partial charge < -0.3 is 5.11 Å². The van der Waals surface area contributed by atoms with Crippen LogP contribution in [0.4, 0.5) is 4.39 Å². The van der Waals surface area contributed by atoms with Gasteiger partial charge in [-0.25, -0.2) is 9.87 Å². The van der Waals surface area contributed by atoms with Gasteiger partial charge in [0.2, 0.25) is 5.91 Å². The van der Waals surface area contributed by atoms with Crippen LogP contribution in [0.15, 0.2) is 72.8 Å². The molecule has 0 saturated carbocycles. The Labute approximate surface area is 194 Å². The van der Waals surface area contributed by atoms with Crippen molar-refractivity contribution < 1.29 is 19.5 Å². The zero-order valence-electron chi connectivity index (χ0n) is 17.5. The molecule has 0 spiro atoms. The topological polar surface area (TPSA) is 87.4 Å². The monoisotopic (exact) mass is 465 g/mol. The fourth-order valence-electron chi connectivity index (χ4n) is 3.76. The van der Waals surface area contributed by atoms with E-state index in [4.69, 9.17) is 21.9 Å². The van der Waals surface area contributed by atoms with Gasteiger partial charge in [0, 0.05) is 28.7 Å². The zero-order chi connectivity index (χ0) is 23.4. The van der Waals surface area contributed by atoms with Crippen molar-refractivity contribution in [1.29, 1.82) is 0 Å². The molecular formula is C25H21ClFN3O3. The van der Waals surface area contributed by atoms with E-state index in [0.717, 1.165) is 16.7 Å². The van der Waals surface area contributed by atoms with Crippen LogP contribution in [0.1, 0.15) is 17.5 Å². The number of aromatic hydroxyl groups is 1. The number of hydrogen-bond donors (Lipinski definition) is 3. The number of phenolic OH excluding ortho intramolecular Hbond substituents is 1. The van der Waals surface area contributed by atoms with Gasteiger partial charge in [0.1, 0.15) is 0 Å². The predicted octanol–water partition coefficient (Wildman–Crippen LogP) is 5.20. The van der Waals surface area contributed by atoms with Crippen molar-refractivity contribution >= 4 is 17.5 Å². The Bertz CT molecular complexity index is 1280. The summed E-state index contributed by atoms with van der Waals surface area (Å²) in [5, 5.41) is 23.6. The highest BCUT2D eigenvalue weighted by Gasteiger charge is 2.22. The molecule has 4 rings (SSSR count). The van der Waals surface area contributed by atoms with Crippen molar-refractivity contribution in [2.75, 3.05) is 0 Å². The average molecular weight is 466 g/mol. The number of nitrogens with zero attached hydrogens (tertiary/aromatic N) is 2. The Morgan fingerprint density at radius 2 is 1.64 bits per heavy atom. The van der Waals surface area contributed by atoms with E-state index >= 15 is 0 Å². The van der Waals surface area contributed by atoms with Crippen LogP contribution in [-0.4, -0.2) is 26.0 Å². The lowest BCUT2D eigenvalue weighted by atomic mass is 9.98. The SMILES string of the molecule is O=C(CCc1c(-c2ccccc2)nn(Cc2ccc(Cl)c(O)c2F)c1-c1ccccc1)NO. The molecule has 3 N–H and O–H groups in total. The average Bonchev–Trinajstić information content (AvgIpc) is 3.21. The second kappa shape index (κ2) is 9.85. The number of rotatable bonds is 7. The number of benzene rings is 3. The van der Waals surface area contributed by atoms with Crippen LogP contribution in [0.5, 0.6) is 5.75 Å². The molecule has 1 heterocycles. The van der Waals surface area contributed by atoms with Gasteiger partial charge in [0.25, 0.3) is 0 Å². The molecule has 1 aromatic heterocycles. The summed E-state index contributed by atoms with van der Waals surface area (Å²) < 4.78 is 16.4. The normalized spacial score (nSPS) is 10.9. The van der Waals surface area contributed by atoms with Gasteiger partial charge in [0.15, 0.2) is 11.6 Å². The number of hydroxylamine groups is 1. The summed E-state index contributed by atoms with van der Waals surface area (Å²) in [4.78, 5) is 11.8. The zero-order valence-corrected chi connectivity index (χ0v) is 18.3. The fraction of sp³-hybridized carbons (Fsp3) is 0.120. The van der Waals surface area contributed by atoms with Gasteiger partial charge >= 0.3 is 0 Å². The van der Waals surface area contributed by atoms with Gasteiger partial charge in [0.05, 0.1) is 23.0 Å². The van der Waals surface area contributed by atoms with Crippen LogP contribution in [0.3, 0.4) is 0 Å². The number of carbonyl (C=O) groups excluding carboxylic acids is 1. The molecule has 0 aliphatic heterocycles. The van der Waals surface area contributed by atoms with E-state index in [0.29, 0.717) is 17.8 Å². The summed E-state index contributed by atoms with van der Waals surface area (Å²) in [7, 11) is 0. The number of carbonyl (C=O) groups is 1. The first-order valence-corrected chi connectivity index (χ1v) is 10.7. The van der Waals surface area contributed by atoms with Crippen LogP contribution in [0.2, 0.25) is 5.02 Å². The molecule has 4 aromatic rings. The lowest BCUT2D eigenvalue weighted by Gasteiger charge is -2.12. The maximum atomic E-state index is 14.8. The van der Waals surface area contributed by atoms with Crippen LogP contribution in [0, 0.1) is 5.82 Å². The summed E-state index contributed by atoms with van der Waals surface area (Å²) in [5.41, 5.74) is 5.71. The van der Waals surface area contributed by atoms with Crippen molar-refractivity contribution in [3.8, 4) is 28.3 Å². The van der Waals surface area contributed by atoms with Gasteiger partial charge in [-0.3, -0.25) is 14.7 Å². The highest BCUT2D eigenvalue weighted by Crippen LogP contribution is 2.35. The van der Waals surface area contributed by atoms with E-state index in [2.05, 4.69) is 0 Å². The first-order chi connectivity index (χ1) is 16.0. The minimum absolute atomic E-state index is 0.0345. The molecule has 0 aliphatic rings. The minimum atomic E-state index is -0.806.